The third-order valence-electron chi connectivity index (χ3n) is 17.4. The van der Waals surface area contributed by atoms with E-state index in [9.17, 15) is 0 Å². The van der Waals surface area contributed by atoms with Crippen LogP contribution >= 0.6 is 0 Å². The summed E-state index contributed by atoms with van der Waals surface area (Å²) in [6, 6.07) is 17.8. The van der Waals surface area contributed by atoms with Crippen LogP contribution in [-0.2, 0) is 29.3 Å². The summed E-state index contributed by atoms with van der Waals surface area (Å²) < 4.78 is 0. The molecule has 0 aliphatic rings. The molecule has 0 bridgehead atoms. The molecule has 81 heavy (non-hydrogen) atoms. The number of benzene rings is 2. The fourth-order valence-electron chi connectivity index (χ4n) is 12.0. The average Bonchev–Trinajstić information content (AvgIpc) is 3.48. The van der Waals surface area contributed by atoms with E-state index in [1.54, 1.807) is 0 Å². The van der Waals surface area contributed by atoms with E-state index in [4.69, 9.17) is 9.98 Å². The van der Waals surface area contributed by atoms with Gasteiger partial charge in [0.1, 0.15) is 0 Å². The molecule has 0 aliphatic carbocycles. The molecule has 0 fully saturated rings. The van der Waals surface area contributed by atoms with Crippen molar-refractivity contribution in [3.8, 4) is 0 Å². The van der Waals surface area contributed by atoms with E-state index in [0.29, 0.717) is 0 Å². The number of nitrogens with zero attached hydrogens (tertiary/aromatic N) is 2. The molecule has 0 saturated heterocycles. The van der Waals surface area contributed by atoms with Gasteiger partial charge in [-0.05, 0) is 93.9 Å². The van der Waals surface area contributed by atoms with Gasteiger partial charge in [-0.2, -0.15) is 0 Å². The number of aliphatic imine (C=N–C) groups is 2. The summed E-state index contributed by atoms with van der Waals surface area (Å²) in [5.74, 6) is 0. The Morgan fingerprint density at radius 2 is 0.506 bits per heavy atom. The Morgan fingerprint density at radius 1 is 0.272 bits per heavy atom. The Balaban J connectivity index is 0.0000328. The normalized spacial score (nSPS) is 12.2. The first-order valence-electron chi connectivity index (χ1n) is 36.3. The Labute approximate surface area is 517 Å². The summed E-state index contributed by atoms with van der Waals surface area (Å²) in [7, 11) is 0. The molecule has 468 valence electrons. The first-order chi connectivity index (χ1) is 39.7. The molecule has 0 spiro atoms. The van der Waals surface area contributed by atoms with Crippen molar-refractivity contribution in [2.75, 3.05) is 0 Å². The number of para-hydroxylation sites is 2. The fourth-order valence-corrected chi connectivity index (χ4v) is 12.0. The van der Waals surface area contributed by atoms with Crippen LogP contribution in [0.25, 0.3) is 0 Å². The summed E-state index contributed by atoms with van der Waals surface area (Å²) >= 11 is 0. The maximum Gasteiger partial charge on any atom is 0.0665 e. The summed E-state index contributed by atoms with van der Waals surface area (Å²) in [4.78, 5) is 10.9. The quantitative estimate of drug-likeness (QED) is 0.0273. The van der Waals surface area contributed by atoms with Gasteiger partial charge in [-0.25, -0.2) is 0 Å². The molecule has 0 unspecified atom stereocenters. The molecule has 0 saturated carbocycles. The summed E-state index contributed by atoms with van der Waals surface area (Å²) in [5, 5.41) is 0. The van der Waals surface area contributed by atoms with Crippen LogP contribution in [0.5, 0.6) is 0 Å². The molecule has 0 heterocycles. The summed E-state index contributed by atoms with van der Waals surface area (Å²) in [5.41, 5.74) is 7.32. The molecule has 0 atom stereocenters. The van der Waals surface area contributed by atoms with E-state index in [-0.39, 0.29) is 16.5 Å². The third-order valence-corrected chi connectivity index (χ3v) is 17.4. The Hall–Kier alpha value is -2.25. The van der Waals surface area contributed by atoms with Gasteiger partial charge >= 0.3 is 0 Å². The van der Waals surface area contributed by atoms with E-state index in [0.717, 1.165) is 55.6 Å². The Morgan fingerprint density at radius 3 is 0.790 bits per heavy atom. The molecule has 2 aromatic rings. The van der Waals surface area contributed by atoms with E-state index in [1.807, 2.05) is 0 Å². The van der Waals surface area contributed by atoms with Crippen LogP contribution < -0.4 is 0 Å². The van der Waals surface area contributed by atoms with Crippen LogP contribution in [0.4, 0.5) is 11.4 Å². The summed E-state index contributed by atoms with van der Waals surface area (Å²) in [6.45, 7) is 9.20. The molecule has 0 aromatic heterocycles. The number of hydrogen-bond acceptors (Lipinski definition) is 2. The Kier molecular flexibility index (Phi) is 59.0. The van der Waals surface area contributed by atoms with Gasteiger partial charge in [0.2, 0.25) is 0 Å². The molecule has 3 heteroatoms. The molecule has 0 N–H and O–H groups in total. The van der Waals surface area contributed by atoms with Gasteiger partial charge in [-0.1, -0.05) is 377 Å². The Bertz CT molecular complexity index is 1720. The van der Waals surface area contributed by atoms with E-state index >= 15 is 0 Å². The van der Waals surface area contributed by atoms with Crippen molar-refractivity contribution < 1.29 is 16.5 Å². The fraction of sp³-hybridized carbons (Fsp3) is 0.769. The van der Waals surface area contributed by atoms with Gasteiger partial charge in [0.25, 0.3) is 0 Å². The number of aryl methyl sites for hydroxylation is 2. The monoisotopic (exact) mass is 1160 g/mol. The minimum absolute atomic E-state index is 0. The SMILES string of the molecule is CCCCCCCCCCCCCCCCCCCCCCCC/C=C/CCc1ccccc1/N=C(CC)\C(CCCCCC)=N\c1ccccc1CC/C=C/CCCCCCCCCCCCCCCCCCCCCCCC.[Ni]. The summed E-state index contributed by atoms with van der Waals surface area (Å²) in [6.07, 6.45) is 86.8. The molecule has 0 aliphatic heterocycles. The molecule has 2 rings (SSSR count). The first kappa shape index (κ1) is 76.8. The second-order valence-corrected chi connectivity index (χ2v) is 25.0. The van der Waals surface area contributed by atoms with E-state index in [2.05, 4.69) is 101 Å². The molecule has 2 nitrogen and oxygen atoms in total. The van der Waals surface area contributed by atoms with Gasteiger partial charge in [-0.3, -0.25) is 9.98 Å². The maximum absolute atomic E-state index is 5.48. The molecular formula is C78H136N2Ni. The van der Waals surface area contributed by atoms with Crippen molar-refractivity contribution in [3.63, 3.8) is 0 Å². The van der Waals surface area contributed by atoms with Crippen molar-refractivity contribution in [1.82, 2.24) is 0 Å². The van der Waals surface area contributed by atoms with Crippen molar-refractivity contribution in [3.05, 3.63) is 84.0 Å². The number of unbranched alkanes of at least 4 members (excludes halogenated alkanes) is 47. The second kappa shape index (κ2) is 62.3. The van der Waals surface area contributed by atoms with Crippen LogP contribution in [0.2, 0.25) is 0 Å². The largest absolute Gasteiger partial charge is 0.251 e. The maximum atomic E-state index is 5.48. The van der Waals surface area contributed by atoms with E-state index < -0.39 is 0 Å². The number of allylic oxidation sites excluding steroid dienone is 4. The predicted octanol–water partition coefficient (Wildman–Crippen LogP) is 27.9. The van der Waals surface area contributed by atoms with Crippen molar-refractivity contribution in [2.45, 2.75) is 387 Å². The van der Waals surface area contributed by atoms with Crippen molar-refractivity contribution in [2.24, 2.45) is 9.98 Å². The van der Waals surface area contributed by atoms with Crippen LogP contribution in [-0.4, -0.2) is 11.4 Å². The van der Waals surface area contributed by atoms with Crippen molar-refractivity contribution in [1.29, 1.82) is 0 Å². The molecule has 2 aromatic carbocycles. The number of rotatable bonds is 61. The van der Waals surface area contributed by atoms with Gasteiger partial charge in [0, 0.05) is 16.5 Å². The zero-order valence-corrected chi connectivity index (χ0v) is 55.7. The van der Waals surface area contributed by atoms with Crippen LogP contribution in [0, 0.1) is 0 Å². The number of hydrogen-bond donors (Lipinski definition) is 0. The van der Waals surface area contributed by atoms with Crippen LogP contribution in [0.3, 0.4) is 0 Å². The average molecular weight is 1160 g/mol. The smallest absolute Gasteiger partial charge is 0.0665 e. The standard InChI is InChI=1S/C78H136N2.Ni/c1-5-9-12-15-17-19-21-23-25-27-29-31-33-35-37-39-41-43-45-47-49-51-53-55-57-59-66-73-68-62-64-70-76(73)79-75(8-4)78(72-61-14-11-7-3)80-77-71-65-63-69-74(77)67-60-58-56-54-52-50-48-46-44-42-40-38-36-34-32-30-28-26-24-22-20-18-16-13-10-6-2;/h55-58,62-65,68-71H,5-54,59-61,66-67,72H2,1-4H3;/b57-55+,58-56+,79-75-,80-78+;. The minimum atomic E-state index is 0. The third kappa shape index (κ3) is 48.7. The molecular weight excluding hydrogens is 1020 g/mol. The zero-order valence-electron chi connectivity index (χ0n) is 54.7. The van der Waals surface area contributed by atoms with Gasteiger partial charge in [0.05, 0.1) is 22.8 Å². The first-order valence-corrected chi connectivity index (χ1v) is 36.3. The molecule has 0 radical (unpaired) electrons. The van der Waals surface area contributed by atoms with Gasteiger partial charge < -0.3 is 0 Å². The minimum Gasteiger partial charge on any atom is -0.251 e. The van der Waals surface area contributed by atoms with Crippen LogP contribution in [0.15, 0.2) is 82.8 Å². The zero-order chi connectivity index (χ0) is 57.0. The van der Waals surface area contributed by atoms with Gasteiger partial charge in [-0.15, -0.1) is 0 Å². The predicted molar refractivity (Wildman–Crippen MR) is 365 cm³/mol. The molecule has 0 amide bonds. The van der Waals surface area contributed by atoms with Crippen LogP contribution in [0.1, 0.15) is 386 Å². The second-order valence-electron chi connectivity index (χ2n) is 25.0. The van der Waals surface area contributed by atoms with Crippen molar-refractivity contribution >= 4 is 22.8 Å². The van der Waals surface area contributed by atoms with E-state index in [1.165, 1.54) is 338 Å². The topological polar surface area (TPSA) is 24.7 Å². The van der Waals surface area contributed by atoms with Gasteiger partial charge in [0.15, 0.2) is 0 Å².